The Kier molecular flexibility index (Phi) is 7.20. The predicted molar refractivity (Wildman–Crippen MR) is 121 cm³/mol. The Balaban J connectivity index is 1.59. The number of rotatable bonds is 6. The molecule has 2 N–H and O–H groups in total. The quantitative estimate of drug-likeness (QED) is 0.439. The number of halogens is 2. The van der Waals surface area contributed by atoms with E-state index in [0.29, 0.717) is 27.0 Å². The summed E-state index contributed by atoms with van der Waals surface area (Å²) in [6.07, 6.45) is 0. The van der Waals surface area contributed by atoms with Gasteiger partial charge in [-0.1, -0.05) is 41.4 Å². The van der Waals surface area contributed by atoms with Crippen molar-refractivity contribution in [2.45, 2.75) is 11.8 Å². The average molecular weight is 445 g/mol. The molecule has 0 radical (unpaired) electrons. The highest BCUT2D eigenvalue weighted by Crippen LogP contribution is 2.25. The molecule has 0 aromatic heterocycles. The summed E-state index contributed by atoms with van der Waals surface area (Å²) in [6.45, 7) is 1.86. The van der Waals surface area contributed by atoms with Crippen molar-refractivity contribution < 1.29 is 9.59 Å². The van der Waals surface area contributed by atoms with E-state index in [1.807, 2.05) is 31.2 Å². The molecule has 0 saturated carbocycles. The van der Waals surface area contributed by atoms with Crippen LogP contribution in [0.1, 0.15) is 15.9 Å². The number of amides is 2. The van der Waals surface area contributed by atoms with Gasteiger partial charge in [0, 0.05) is 31.9 Å². The maximum absolute atomic E-state index is 12.4. The zero-order valence-electron chi connectivity index (χ0n) is 15.5. The van der Waals surface area contributed by atoms with Gasteiger partial charge in [-0.05, 0) is 61.0 Å². The molecular formula is C22H18Cl2N2O2S. The number of thioether (sulfide) groups is 1. The molecule has 0 atom stereocenters. The van der Waals surface area contributed by atoms with Crippen LogP contribution in [0.2, 0.25) is 10.0 Å². The molecule has 0 fully saturated rings. The van der Waals surface area contributed by atoms with E-state index in [2.05, 4.69) is 10.6 Å². The van der Waals surface area contributed by atoms with Gasteiger partial charge in [-0.15, -0.1) is 11.8 Å². The van der Waals surface area contributed by atoms with E-state index in [-0.39, 0.29) is 17.6 Å². The van der Waals surface area contributed by atoms with Crippen molar-refractivity contribution in [2.24, 2.45) is 0 Å². The fourth-order valence-electron chi connectivity index (χ4n) is 2.57. The average Bonchev–Trinajstić information content (AvgIpc) is 2.70. The second-order valence-electron chi connectivity index (χ2n) is 6.24. The van der Waals surface area contributed by atoms with Crippen LogP contribution in [0.15, 0.2) is 71.6 Å². The second kappa shape index (κ2) is 9.83. The molecule has 148 valence electrons. The number of hydrogen-bond acceptors (Lipinski definition) is 3. The minimum Gasteiger partial charge on any atom is -0.325 e. The SMILES string of the molecule is Cc1c(Cl)cccc1NC(=O)CSc1cccc(NC(=O)c2cccc(Cl)c2)c1. The molecule has 0 unspecified atom stereocenters. The molecule has 0 aliphatic carbocycles. The first-order chi connectivity index (χ1) is 13.9. The van der Waals surface area contributed by atoms with Gasteiger partial charge in [-0.25, -0.2) is 0 Å². The monoisotopic (exact) mass is 444 g/mol. The summed E-state index contributed by atoms with van der Waals surface area (Å²) in [6, 6.07) is 19.5. The highest BCUT2D eigenvalue weighted by Gasteiger charge is 2.09. The van der Waals surface area contributed by atoms with E-state index < -0.39 is 0 Å². The van der Waals surface area contributed by atoms with Crippen molar-refractivity contribution >= 4 is 58.2 Å². The zero-order chi connectivity index (χ0) is 20.8. The molecule has 4 nitrogen and oxygen atoms in total. The Labute approximate surface area is 183 Å². The molecular weight excluding hydrogens is 427 g/mol. The number of carbonyl (C=O) groups excluding carboxylic acids is 2. The van der Waals surface area contributed by atoms with Crippen LogP contribution in [0, 0.1) is 6.92 Å². The van der Waals surface area contributed by atoms with Gasteiger partial charge in [0.25, 0.3) is 5.91 Å². The molecule has 0 aliphatic heterocycles. The summed E-state index contributed by atoms with van der Waals surface area (Å²) in [7, 11) is 0. The van der Waals surface area contributed by atoms with E-state index in [1.54, 1.807) is 42.5 Å². The number of anilines is 2. The molecule has 2 amide bonds. The molecule has 0 aliphatic rings. The summed E-state index contributed by atoms with van der Waals surface area (Å²) in [5.41, 5.74) is 2.65. The largest absolute Gasteiger partial charge is 0.325 e. The molecule has 0 spiro atoms. The van der Waals surface area contributed by atoms with Crippen molar-refractivity contribution in [1.82, 2.24) is 0 Å². The summed E-state index contributed by atoms with van der Waals surface area (Å²) in [5, 5.41) is 6.82. The summed E-state index contributed by atoms with van der Waals surface area (Å²) >= 11 is 13.4. The standard InChI is InChI=1S/C22H18Cl2N2O2S/c1-14-19(24)9-4-10-20(14)26-21(27)13-29-18-8-3-7-17(12-18)25-22(28)15-5-2-6-16(23)11-15/h2-12H,13H2,1H3,(H,25,28)(H,26,27). The highest BCUT2D eigenvalue weighted by molar-refractivity contribution is 8.00. The van der Waals surface area contributed by atoms with Crippen LogP contribution in [-0.4, -0.2) is 17.6 Å². The van der Waals surface area contributed by atoms with E-state index in [9.17, 15) is 9.59 Å². The first kappa shape index (κ1) is 21.2. The van der Waals surface area contributed by atoms with Crippen LogP contribution in [0.4, 0.5) is 11.4 Å². The first-order valence-electron chi connectivity index (χ1n) is 8.77. The maximum Gasteiger partial charge on any atom is 0.255 e. The van der Waals surface area contributed by atoms with E-state index >= 15 is 0 Å². The number of benzene rings is 3. The smallest absolute Gasteiger partial charge is 0.255 e. The number of hydrogen-bond donors (Lipinski definition) is 2. The van der Waals surface area contributed by atoms with Crippen molar-refractivity contribution in [3.05, 3.63) is 87.9 Å². The van der Waals surface area contributed by atoms with Crippen LogP contribution in [0.25, 0.3) is 0 Å². The van der Waals surface area contributed by atoms with Gasteiger partial charge in [0.05, 0.1) is 5.75 Å². The highest BCUT2D eigenvalue weighted by atomic mass is 35.5. The van der Waals surface area contributed by atoms with Gasteiger partial charge in [0.2, 0.25) is 5.91 Å². The molecule has 0 heterocycles. The minimum absolute atomic E-state index is 0.131. The molecule has 0 bridgehead atoms. The third-order valence-corrected chi connectivity index (χ3v) is 5.73. The van der Waals surface area contributed by atoms with Gasteiger partial charge in [0.15, 0.2) is 0 Å². The summed E-state index contributed by atoms with van der Waals surface area (Å²) in [5.74, 6) is -0.143. The van der Waals surface area contributed by atoms with E-state index in [0.717, 1.165) is 10.5 Å². The zero-order valence-corrected chi connectivity index (χ0v) is 17.9. The molecule has 3 rings (SSSR count). The second-order valence-corrected chi connectivity index (χ2v) is 8.13. The fraction of sp³-hybridized carbons (Fsp3) is 0.0909. The number of nitrogens with one attached hydrogen (secondary N) is 2. The molecule has 3 aromatic rings. The minimum atomic E-state index is -0.246. The lowest BCUT2D eigenvalue weighted by molar-refractivity contribution is -0.113. The Hall–Kier alpha value is -2.47. The number of carbonyl (C=O) groups is 2. The van der Waals surface area contributed by atoms with Crippen molar-refractivity contribution in [1.29, 1.82) is 0 Å². The van der Waals surface area contributed by atoms with Gasteiger partial charge in [0.1, 0.15) is 0 Å². The predicted octanol–water partition coefficient (Wildman–Crippen LogP) is 6.28. The Morgan fingerprint density at radius 2 is 1.69 bits per heavy atom. The molecule has 3 aromatic carbocycles. The van der Waals surface area contributed by atoms with E-state index in [1.165, 1.54) is 11.8 Å². The van der Waals surface area contributed by atoms with Crippen LogP contribution in [-0.2, 0) is 4.79 Å². The lowest BCUT2D eigenvalue weighted by Crippen LogP contribution is -2.15. The molecule has 7 heteroatoms. The van der Waals surface area contributed by atoms with Crippen LogP contribution in [0.3, 0.4) is 0 Å². The molecule has 0 saturated heterocycles. The maximum atomic E-state index is 12.4. The fourth-order valence-corrected chi connectivity index (χ4v) is 3.69. The van der Waals surface area contributed by atoms with Crippen molar-refractivity contribution in [3.63, 3.8) is 0 Å². The Bertz CT molecular complexity index is 1060. The van der Waals surface area contributed by atoms with Crippen LogP contribution in [0.5, 0.6) is 0 Å². The van der Waals surface area contributed by atoms with E-state index in [4.69, 9.17) is 23.2 Å². The summed E-state index contributed by atoms with van der Waals surface area (Å²) in [4.78, 5) is 25.5. The summed E-state index contributed by atoms with van der Waals surface area (Å²) < 4.78 is 0. The lowest BCUT2D eigenvalue weighted by atomic mass is 10.2. The van der Waals surface area contributed by atoms with Crippen LogP contribution < -0.4 is 10.6 Å². The van der Waals surface area contributed by atoms with Gasteiger partial charge in [-0.3, -0.25) is 9.59 Å². The van der Waals surface area contributed by atoms with Gasteiger partial charge >= 0.3 is 0 Å². The molecule has 29 heavy (non-hydrogen) atoms. The van der Waals surface area contributed by atoms with Crippen molar-refractivity contribution in [3.8, 4) is 0 Å². The van der Waals surface area contributed by atoms with Crippen molar-refractivity contribution in [2.75, 3.05) is 16.4 Å². The van der Waals surface area contributed by atoms with Gasteiger partial charge in [-0.2, -0.15) is 0 Å². The topological polar surface area (TPSA) is 58.2 Å². The Morgan fingerprint density at radius 3 is 2.48 bits per heavy atom. The van der Waals surface area contributed by atoms with Crippen LogP contribution >= 0.6 is 35.0 Å². The third-order valence-electron chi connectivity index (χ3n) is 4.09. The Morgan fingerprint density at radius 1 is 0.931 bits per heavy atom. The lowest BCUT2D eigenvalue weighted by Gasteiger charge is -2.10. The first-order valence-corrected chi connectivity index (χ1v) is 10.5. The third kappa shape index (κ3) is 6.00. The van der Waals surface area contributed by atoms with Gasteiger partial charge < -0.3 is 10.6 Å². The normalized spacial score (nSPS) is 10.4.